The Bertz CT molecular complexity index is 140. The molecule has 0 saturated carbocycles. The quantitative estimate of drug-likeness (QED) is 0.713. The fourth-order valence-corrected chi connectivity index (χ4v) is 2.15. The van der Waals surface area contributed by atoms with Gasteiger partial charge in [-0.05, 0) is 65.0 Å². The number of piperidine rings is 1. The van der Waals surface area contributed by atoms with Crippen LogP contribution in [0.4, 0.5) is 0 Å². The van der Waals surface area contributed by atoms with Crippen molar-refractivity contribution in [2.45, 2.75) is 47.0 Å². The van der Waals surface area contributed by atoms with Crippen LogP contribution in [0, 0.1) is 5.92 Å². The second-order valence-corrected chi connectivity index (χ2v) is 4.56. The van der Waals surface area contributed by atoms with Gasteiger partial charge in [0.25, 0.3) is 0 Å². The Hall–Kier alpha value is -0.0800. The van der Waals surface area contributed by atoms with E-state index in [9.17, 15) is 0 Å². The van der Waals surface area contributed by atoms with E-state index >= 15 is 0 Å². The summed E-state index contributed by atoms with van der Waals surface area (Å²) in [6, 6.07) is 0. The lowest BCUT2D eigenvalue weighted by atomic mass is 9.93. The molecule has 1 saturated heterocycles. The molecule has 0 aliphatic carbocycles. The topological polar surface area (TPSA) is 6.48 Å². The van der Waals surface area contributed by atoms with Crippen LogP contribution in [-0.4, -0.2) is 49.6 Å². The van der Waals surface area contributed by atoms with Gasteiger partial charge in [-0.25, -0.2) is 0 Å². The van der Waals surface area contributed by atoms with Gasteiger partial charge in [0.1, 0.15) is 0 Å². The molecule has 0 N–H and O–H groups in total. The molecular weight excluding hydrogens is 196 g/mol. The summed E-state index contributed by atoms with van der Waals surface area (Å²) in [7, 11) is 2.22. The lowest BCUT2D eigenvalue weighted by molar-refractivity contribution is 0.176. The van der Waals surface area contributed by atoms with Crippen LogP contribution in [0.15, 0.2) is 0 Å². The summed E-state index contributed by atoms with van der Waals surface area (Å²) < 4.78 is 0. The Morgan fingerprint density at radius 1 is 1.12 bits per heavy atom. The maximum absolute atomic E-state index is 2.57. The van der Waals surface area contributed by atoms with Crippen LogP contribution in [0.5, 0.6) is 0 Å². The molecule has 98 valence electrons. The highest BCUT2D eigenvalue weighted by molar-refractivity contribution is 4.72. The van der Waals surface area contributed by atoms with E-state index in [-0.39, 0.29) is 0 Å². The van der Waals surface area contributed by atoms with E-state index in [0.717, 1.165) is 5.92 Å². The van der Waals surface area contributed by atoms with Gasteiger partial charge < -0.3 is 9.80 Å². The molecule has 2 nitrogen and oxygen atoms in total. The van der Waals surface area contributed by atoms with Gasteiger partial charge in [0.2, 0.25) is 0 Å². The molecular formula is C14H32N2. The minimum Gasteiger partial charge on any atom is -0.307 e. The van der Waals surface area contributed by atoms with Gasteiger partial charge in [-0.2, -0.15) is 0 Å². The van der Waals surface area contributed by atoms with E-state index in [1.807, 2.05) is 13.8 Å². The highest BCUT2D eigenvalue weighted by atomic mass is 15.1. The Balaban J connectivity index is 0.00000106. The first-order valence-electron chi connectivity index (χ1n) is 7.17. The number of hydrogen-bond donors (Lipinski definition) is 0. The average molecular weight is 228 g/mol. The number of likely N-dealkylation sites (tertiary alicyclic amines) is 1. The summed E-state index contributed by atoms with van der Waals surface area (Å²) in [4.78, 5) is 4.99. The van der Waals surface area contributed by atoms with E-state index in [2.05, 4.69) is 30.7 Å². The van der Waals surface area contributed by atoms with E-state index in [1.54, 1.807) is 0 Å². The van der Waals surface area contributed by atoms with Gasteiger partial charge in [-0.1, -0.05) is 27.7 Å². The third kappa shape index (κ3) is 6.49. The van der Waals surface area contributed by atoms with Crippen LogP contribution in [0.2, 0.25) is 0 Å². The molecule has 0 atom stereocenters. The van der Waals surface area contributed by atoms with Gasteiger partial charge in [0.05, 0.1) is 0 Å². The van der Waals surface area contributed by atoms with E-state index in [0.29, 0.717) is 0 Å². The van der Waals surface area contributed by atoms with Crippen molar-refractivity contribution in [3.63, 3.8) is 0 Å². The normalized spacial score (nSPS) is 18.4. The molecule has 0 bridgehead atoms. The second kappa shape index (κ2) is 10.1. The lowest BCUT2D eigenvalue weighted by Crippen LogP contribution is -2.34. The third-order valence-electron chi connectivity index (χ3n) is 3.61. The fourth-order valence-electron chi connectivity index (χ4n) is 2.15. The molecule has 1 rings (SSSR count). The molecule has 1 heterocycles. The van der Waals surface area contributed by atoms with Crippen molar-refractivity contribution >= 4 is 0 Å². The molecule has 0 spiro atoms. The van der Waals surface area contributed by atoms with Gasteiger partial charge in [-0.15, -0.1) is 0 Å². The Morgan fingerprint density at radius 2 is 1.69 bits per heavy atom. The van der Waals surface area contributed by atoms with Crippen LogP contribution in [0.1, 0.15) is 47.0 Å². The molecule has 1 aliphatic heterocycles. The van der Waals surface area contributed by atoms with Crippen LogP contribution >= 0.6 is 0 Å². The van der Waals surface area contributed by atoms with Crippen molar-refractivity contribution in [3.8, 4) is 0 Å². The maximum atomic E-state index is 2.57. The predicted octanol–water partition coefficient (Wildman–Crippen LogP) is 3.09. The summed E-state index contributed by atoms with van der Waals surface area (Å²) in [5, 5.41) is 0. The smallest absolute Gasteiger partial charge is 0.00162 e. The second-order valence-electron chi connectivity index (χ2n) is 4.56. The SMILES string of the molecule is CC.CCN(C)CCC1CCN(CC)CC1. The van der Waals surface area contributed by atoms with Crippen molar-refractivity contribution in [3.05, 3.63) is 0 Å². The fraction of sp³-hybridized carbons (Fsp3) is 1.00. The zero-order chi connectivity index (χ0) is 12.4. The summed E-state index contributed by atoms with van der Waals surface area (Å²) in [5.41, 5.74) is 0. The van der Waals surface area contributed by atoms with Crippen molar-refractivity contribution < 1.29 is 0 Å². The predicted molar refractivity (Wildman–Crippen MR) is 74.0 cm³/mol. The minimum atomic E-state index is 0.992. The molecule has 1 fully saturated rings. The first-order valence-corrected chi connectivity index (χ1v) is 7.17. The van der Waals surface area contributed by atoms with Crippen LogP contribution in [0.3, 0.4) is 0 Å². The maximum Gasteiger partial charge on any atom is -0.00162 e. The standard InChI is InChI=1S/C12H26N2.C2H6/c1-4-13(3)9-6-12-7-10-14(5-2)11-8-12;1-2/h12H,4-11H2,1-3H3;1-2H3. The van der Waals surface area contributed by atoms with E-state index in [1.165, 1.54) is 52.0 Å². The summed E-state index contributed by atoms with van der Waals surface area (Å²) >= 11 is 0. The summed E-state index contributed by atoms with van der Waals surface area (Å²) in [6.45, 7) is 14.9. The number of hydrogen-bond acceptors (Lipinski definition) is 2. The van der Waals surface area contributed by atoms with Crippen molar-refractivity contribution in [1.29, 1.82) is 0 Å². The monoisotopic (exact) mass is 228 g/mol. The molecule has 0 unspecified atom stereocenters. The first kappa shape index (κ1) is 15.9. The van der Waals surface area contributed by atoms with Gasteiger partial charge in [0.15, 0.2) is 0 Å². The van der Waals surface area contributed by atoms with Crippen molar-refractivity contribution in [2.75, 3.05) is 39.8 Å². The highest BCUT2D eigenvalue weighted by Gasteiger charge is 2.17. The number of rotatable bonds is 5. The molecule has 1 aliphatic rings. The zero-order valence-electron chi connectivity index (χ0n) is 12.1. The summed E-state index contributed by atoms with van der Waals surface area (Å²) in [5.74, 6) is 0.992. The van der Waals surface area contributed by atoms with Gasteiger partial charge in [-0.3, -0.25) is 0 Å². The van der Waals surface area contributed by atoms with Crippen LogP contribution < -0.4 is 0 Å². The van der Waals surface area contributed by atoms with E-state index < -0.39 is 0 Å². The van der Waals surface area contributed by atoms with Crippen molar-refractivity contribution in [1.82, 2.24) is 9.80 Å². The van der Waals surface area contributed by atoms with Crippen molar-refractivity contribution in [2.24, 2.45) is 5.92 Å². The van der Waals surface area contributed by atoms with E-state index in [4.69, 9.17) is 0 Å². The minimum absolute atomic E-state index is 0.992. The zero-order valence-corrected chi connectivity index (χ0v) is 12.1. The Kier molecular flexibility index (Phi) is 10.0. The summed E-state index contributed by atoms with van der Waals surface area (Å²) in [6.07, 6.45) is 4.25. The van der Waals surface area contributed by atoms with Gasteiger partial charge >= 0.3 is 0 Å². The third-order valence-corrected chi connectivity index (χ3v) is 3.61. The largest absolute Gasteiger partial charge is 0.307 e. The van der Waals surface area contributed by atoms with Crippen LogP contribution in [0.25, 0.3) is 0 Å². The lowest BCUT2D eigenvalue weighted by Gasteiger charge is -2.31. The molecule has 0 radical (unpaired) electrons. The molecule has 2 heteroatoms. The first-order chi connectivity index (χ1) is 7.76. The number of nitrogens with zero attached hydrogens (tertiary/aromatic N) is 2. The molecule has 16 heavy (non-hydrogen) atoms. The Morgan fingerprint density at radius 3 is 2.12 bits per heavy atom. The highest BCUT2D eigenvalue weighted by Crippen LogP contribution is 2.20. The molecule has 0 amide bonds. The Labute approximate surface area is 103 Å². The molecule has 0 aromatic rings. The molecule has 0 aromatic carbocycles. The molecule has 0 aromatic heterocycles. The van der Waals surface area contributed by atoms with Crippen LogP contribution in [-0.2, 0) is 0 Å². The average Bonchev–Trinajstić information content (AvgIpc) is 2.38. The van der Waals surface area contributed by atoms with Gasteiger partial charge in [0, 0.05) is 0 Å².